The molecule has 8 nitrogen and oxygen atoms in total. The molecule has 5 N–H and O–H groups in total. The van der Waals surface area contributed by atoms with Crippen molar-refractivity contribution in [1.82, 2.24) is 20.2 Å². The first-order valence-electron chi connectivity index (χ1n) is 5.18. The van der Waals surface area contributed by atoms with E-state index >= 15 is 0 Å². The van der Waals surface area contributed by atoms with E-state index < -0.39 is 12.0 Å². The molecule has 9 heteroatoms. The molecule has 1 atom stereocenters. The van der Waals surface area contributed by atoms with Crippen LogP contribution in [0.3, 0.4) is 0 Å². The van der Waals surface area contributed by atoms with Gasteiger partial charge in [0.25, 0.3) is 0 Å². The fourth-order valence-electron chi connectivity index (χ4n) is 1.28. The minimum atomic E-state index is -1.09. The Hall–Kier alpha value is -2.00. The van der Waals surface area contributed by atoms with Gasteiger partial charge in [-0.3, -0.25) is 9.89 Å². The predicted octanol–water partition coefficient (Wildman–Crippen LogP) is 0.000200. The van der Waals surface area contributed by atoms with E-state index in [-0.39, 0.29) is 0 Å². The Labute approximate surface area is 106 Å². The average Bonchev–Trinajstić information content (AvgIpc) is 2.99. The summed E-state index contributed by atoms with van der Waals surface area (Å²) >= 11 is 1.32. The number of thiazole rings is 1. The summed E-state index contributed by atoms with van der Waals surface area (Å²) in [5, 5.41) is 20.6. The van der Waals surface area contributed by atoms with Gasteiger partial charge in [0.05, 0.1) is 5.69 Å². The number of aromatic amines is 1. The molecule has 0 aliphatic heterocycles. The molecule has 0 spiro atoms. The van der Waals surface area contributed by atoms with Gasteiger partial charge in [0.15, 0.2) is 5.13 Å². The van der Waals surface area contributed by atoms with Crippen LogP contribution in [-0.2, 0) is 11.2 Å². The molecule has 0 bridgehead atoms. The first-order chi connectivity index (χ1) is 8.66. The third-order valence-corrected chi connectivity index (χ3v) is 3.03. The molecule has 2 rings (SSSR count). The molecular weight excluding hydrogens is 256 g/mol. The quantitative estimate of drug-likeness (QED) is 0.580. The summed E-state index contributed by atoms with van der Waals surface area (Å²) in [5.41, 5.74) is 5.81. The second-order valence-electron chi connectivity index (χ2n) is 3.50. The normalized spacial score (nSPS) is 12.3. The first-order valence-corrected chi connectivity index (χ1v) is 6.06. The highest BCUT2D eigenvalue weighted by molar-refractivity contribution is 7.13. The molecule has 0 saturated carbocycles. The largest absolute Gasteiger partial charge is 0.480 e. The van der Waals surface area contributed by atoms with Crippen LogP contribution in [0, 0.1) is 0 Å². The van der Waals surface area contributed by atoms with Crippen molar-refractivity contribution in [2.75, 3.05) is 11.9 Å². The molecule has 2 aromatic rings. The van der Waals surface area contributed by atoms with E-state index in [1.165, 1.54) is 17.7 Å². The molecule has 0 aliphatic carbocycles. The van der Waals surface area contributed by atoms with Gasteiger partial charge in [0.1, 0.15) is 18.2 Å². The number of nitrogens with zero attached hydrogens (tertiary/aromatic N) is 3. The lowest BCUT2D eigenvalue weighted by molar-refractivity contribution is -0.138. The maximum Gasteiger partial charge on any atom is 0.326 e. The highest BCUT2D eigenvalue weighted by Crippen LogP contribution is 2.19. The summed E-state index contributed by atoms with van der Waals surface area (Å²) in [7, 11) is 0. The lowest BCUT2D eigenvalue weighted by Gasteiger charge is -2.02. The molecule has 0 aromatic carbocycles. The van der Waals surface area contributed by atoms with Crippen molar-refractivity contribution >= 4 is 22.4 Å². The van der Waals surface area contributed by atoms with Crippen LogP contribution in [-0.4, -0.2) is 37.8 Å². The zero-order valence-electron chi connectivity index (χ0n) is 9.33. The van der Waals surface area contributed by atoms with Crippen LogP contribution in [0.15, 0.2) is 11.7 Å². The number of hydrogen-bond donors (Lipinski definition) is 4. The summed E-state index contributed by atoms with van der Waals surface area (Å²) in [5.74, 6) is -0.310. The lowest BCUT2D eigenvalue weighted by atomic mass is 10.2. The zero-order chi connectivity index (χ0) is 13.0. The highest BCUT2D eigenvalue weighted by Gasteiger charge is 2.17. The Balaban J connectivity index is 1.85. The van der Waals surface area contributed by atoms with Crippen LogP contribution in [0.5, 0.6) is 0 Å². The maximum atomic E-state index is 10.7. The minimum absolute atomic E-state index is 0.356. The van der Waals surface area contributed by atoms with E-state index in [0.29, 0.717) is 23.8 Å². The van der Waals surface area contributed by atoms with E-state index in [1.807, 2.05) is 0 Å². The summed E-state index contributed by atoms with van der Waals surface area (Å²) in [6.45, 7) is 0.629. The molecule has 0 amide bonds. The number of hydrogen-bond acceptors (Lipinski definition) is 7. The summed E-state index contributed by atoms with van der Waals surface area (Å²) in [4.78, 5) is 18.8. The van der Waals surface area contributed by atoms with E-state index in [0.717, 1.165) is 5.82 Å². The Kier molecular flexibility index (Phi) is 3.85. The van der Waals surface area contributed by atoms with Crippen molar-refractivity contribution in [3.8, 4) is 0 Å². The number of aromatic nitrogens is 4. The van der Waals surface area contributed by atoms with E-state index in [1.54, 1.807) is 5.38 Å². The fourth-order valence-corrected chi connectivity index (χ4v) is 2.05. The number of nitrogens with one attached hydrogen (secondary N) is 2. The molecule has 0 fully saturated rings. The molecular formula is C9H12N6O2S. The molecule has 18 heavy (non-hydrogen) atoms. The number of carbonyl (C=O) groups is 1. The maximum absolute atomic E-state index is 10.7. The predicted molar refractivity (Wildman–Crippen MR) is 65.3 cm³/mol. The van der Waals surface area contributed by atoms with Gasteiger partial charge in [0.2, 0.25) is 0 Å². The van der Waals surface area contributed by atoms with Crippen LogP contribution in [0.25, 0.3) is 0 Å². The zero-order valence-corrected chi connectivity index (χ0v) is 10.1. The SMILES string of the molecule is NC(C(=O)O)c1csc(NCCc2ncn[nH]2)n1. The second kappa shape index (κ2) is 5.56. The minimum Gasteiger partial charge on any atom is -0.480 e. The Morgan fingerprint density at radius 1 is 1.67 bits per heavy atom. The molecule has 0 saturated heterocycles. The Bertz CT molecular complexity index is 511. The second-order valence-corrected chi connectivity index (χ2v) is 4.36. The Morgan fingerprint density at radius 3 is 3.17 bits per heavy atom. The number of carboxylic acids is 1. The number of carboxylic acid groups (broad SMARTS) is 1. The standard InChI is InChI=1S/C9H12N6O2S/c10-7(8(16)17)5-3-18-9(14-5)11-2-1-6-12-4-13-15-6/h3-4,7H,1-2,10H2,(H,11,14)(H,16,17)(H,12,13,15). The first kappa shape index (κ1) is 12.5. The molecule has 0 radical (unpaired) electrons. The third kappa shape index (κ3) is 3.02. The molecule has 2 heterocycles. The third-order valence-electron chi connectivity index (χ3n) is 2.21. The van der Waals surface area contributed by atoms with Gasteiger partial charge in [0, 0.05) is 18.3 Å². The van der Waals surface area contributed by atoms with Crippen molar-refractivity contribution in [3.63, 3.8) is 0 Å². The summed E-state index contributed by atoms with van der Waals surface area (Å²) in [6, 6.07) is -1.08. The van der Waals surface area contributed by atoms with Crippen molar-refractivity contribution < 1.29 is 9.90 Å². The topological polar surface area (TPSA) is 130 Å². The van der Waals surface area contributed by atoms with Crippen LogP contribution in [0.2, 0.25) is 0 Å². The molecule has 96 valence electrons. The average molecular weight is 268 g/mol. The van der Waals surface area contributed by atoms with E-state index in [9.17, 15) is 4.79 Å². The smallest absolute Gasteiger partial charge is 0.326 e. The number of anilines is 1. The van der Waals surface area contributed by atoms with Crippen LogP contribution >= 0.6 is 11.3 Å². The van der Waals surface area contributed by atoms with Crippen molar-refractivity contribution in [1.29, 1.82) is 0 Å². The van der Waals surface area contributed by atoms with Crippen LogP contribution < -0.4 is 11.1 Å². The number of aliphatic carboxylic acids is 1. The lowest BCUT2D eigenvalue weighted by Crippen LogP contribution is -2.21. The monoisotopic (exact) mass is 268 g/mol. The van der Waals surface area contributed by atoms with Gasteiger partial charge in [-0.2, -0.15) is 5.10 Å². The highest BCUT2D eigenvalue weighted by atomic mass is 32.1. The van der Waals surface area contributed by atoms with Gasteiger partial charge < -0.3 is 16.2 Å². The fraction of sp³-hybridized carbons (Fsp3) is 0.333. The van der Waals surface area contributed by atoms with Crippen LogP contribution in [0.4, 0.5) is 5.13 Å². The molecule has 0 aliphatic rings. The van der Waals surface area contributed by atoms with Crippen LogP contribution in [0.1, 0.15) is 17.6 Å². The summed E-state index contributed by atoms with van der Waals surface area (Å²) in [6.07, 6.45) is 2.13. The van der Waals surface area contributed by atoms with Gasteiger partial charge in [-0.05, 0) is 0 Å². The molecule has 1 unspecified atom stereocenters. The van der Waals surface area contributed by atoms with Gasteiger partial charge in [-0.1, -0.05) is 0 Å². The van der Waals surface area contributed by atoms with Gasteiger partial charge in [-0.15, -0.1) is 11.3 Å². The van der Waals surface area contributed by atoms with E-state index in [2.05, 4.69) is 25.5 Å². The van der Waals surface area contributed by atoms with Gasteiger partial charge >= 0.3 is 5.97 Å². The van der Waals surface area contributed by atoms with E-state index in [4.69, 9.17) is 10.8 Å². The van der Waals surface area contributed by atoms with Crippen molar-refractivity contribution in [2.24, 2.45) is 5.73 Å². The summed E-state index contributed by atoms with van der Waals surface area (Å²) < 4.78 is 0. The van der Waals surface area contributed by atoms with Crippen molar-refractivity contribution in [3.05, 3.63) is 23.2 Å². The van der Waals surface area contributed by atoms with Gasteiger partial charge in [-0.25, -0.2) is 9.97 Å². The Morgan fingerprint density at radius 2 is 2.50 bits per heavy atom. The van der Waals surface area contributed by atoms with Crippen molar-refractivity contribution in [2.45, 2.75) is 12.5 Å². The number of nitrogens with two attached hydrogens (primary N) is 1. The number of rotatable bonds is 6. The molecule has 2 aromatic heterocycles. The number of H-pyrrole nitrogens is 1.